The Morgan fingerprint density at radius 3 is 2.67 bits per heavy atom. The molecule has 0 bridgehead atoms. The van der Waals surface area contributed by atoms with Crippen LogP contribution in [0.5, 0.6) is 0 Å². The number of benzene rings is 1. The standard InChI is InChI=1S/C31H41NO/c1-21(2)26-14-7-6-11-24(26)20-28(31(3,4)5)29(33)19-22-10-8-13-25(18-22)30-27-15-9-12-23(27)16-17-32-30/h6-7,9,11,14-17,21-22,25,28H,8,10,12-13,18-20H2,1-5H3/t22-,25?,28+/m1/s1. The van der Waals surface area contributed by atoms with Crippen molar-refractivity contribution in [3.63, 3.8) is 0 Å². The van der Waals surface area contributed by atoms with Gasteiger partial charge < -0.3 is 0 Å². The first kappa shape index (κ1) is 23.9. The van der Waals surface area contributed by atoms with Crippen LogP contribution < -0.4 is 0 Å². The van der Waals surface area contributed by atoms with Gasteiger partial charge in [0.05, 0.1) is 5.69 Å². The van der Waals surface area contributed by atoms with Crippen LogP contribution in [0.2, 0.25) is 0 Å². The molecular weight excluding hydrogens is 402 g/mol. The number of Topliss-reactive ketones (excluding diaryl/α,β-unsaturated/α-hetero) is 1. The lowest BCUT2D eigenvalue weighted by atomic mass is 9.70. The third-order valence-electron chi connectivity index (χ3n) is 7.93. The molecular formula is C31H41NO. The average molecular weight is 444 g/mol. The quantitative estimate of drug-likeness (QED) is 0.435. The van der Waals surface area contributed by atoms with Crippen LogP contribution in [-0.4, -0.2) is 10.8 Å². The first-order valence-electron chi connectivity index (χ1n) is 13.0. The van der Waals surface area contributed by atoms with Gasteiger partial charge in [0.25, 0.3) is 0 Å². The predicted octanol–water partition coefficient (Wildman–Crippen LogP) is 7.91. The molecule has 0 spiro atoms. The van der Waals surface area contributed by atoms with Crippen LogP contribution in [0.15, 0.2) is 42.6 Å². The molecule has 0 amide bonds. The summed E-state index contributed by atoms with van der Waals surface area (Å²) < 4.78 is 0. The number of nitrogens with zero attached hydrogens (tertiary/aromatic N) is 1. The Hall–Kier alpha value is -2.22. The summed E-state index contributed by atoms with van der Waals surface area (Å²) in [6.07, 6.45) is 13.8. The largest absolute Gasteiger partial charge is 0.299 e. The van der Waals surface area contributed by atoms with Gasteiger partial charge in [-0.2, -0.15) is 0 Å². The van der Waals surface area contributed by atoms with E-state index in [0.29, 0.717) is 30.0 Å². The molecule has 33 heavy (non-hydrogen) atoms. The van der Waals surface area contributed by atoms with Gasteiger partial charge in [0.1, 0.15) is 5.78 Å². The van der Waals surface area contributed by atoms with Crippen LogP contribution in [0.25, 0.3) is 6.08 Å². The minimum Gasteiger partial charge on any atom is -0.299 e. The zero-order valence-corrected chi connectivity index (χ0v) is 21.2. The Labute approximate surface area is 200 Å². The summed E-state index contributed by atoms with van der Waals surface area (Å²) in [7, 11) is 0. The van der Waals surface area contributed by atoms with Crippen molar-refractivity contribution in [2.45, 2.75) is 91.4 Å². The molecule has 1 unspecified atom stereocenters. The minimum absolute atomic E-state index is 0.0398. The molecule has 2 heteroatoms. The zero-order chi connectivity index (χ0) is 23.6. The lowest BCUT2D eigenvalue weighted by molar-refractivity contribution is -0.127. The molecule has 4 rings (SSSR count). The number of carbonyl (C=O) groups is 1. The fourth-order valence-electron chi connectivity index (χ4n) is 6.09. The first-order valence-corrected chi connectivity index (χ1v) is 13.0. The molecule has 1 saturated carbocycles. The Bertz CT molecular complexity index is 1010. The molecule has 2 aromatic rings. The highest BCUT2D eigenvalue weighted by Crippen LogP contribution is 2.41. The molecule has 3 atom stereocenters. The molecule has 0 radical (unpaired) electrons. The highest BCUT2D eigenvalue weighted by molar-refractivity contribution is 5.82. The van der Waals surface area contributed by atoms with Crippen LogP contribution in [0.1, 0.15) is 107 Å². The molecule has 2 aliphatic carbocycles. The Kier molecular flexibility index (Phi) is 7.22. The van der Waals surface area contributed by atoms with Crippen molar-refractivity contribution in [3.05, 3.63) is 70.6 Å². The molecule has 0 aliphatic heterocycles. The van der Waals surface area contributed by atoms with E-state index in [1.807, 2.05) is 6.20 Å². The molecule has 0 saturated heterocycles. The molecule has 1 heterocycles. The van der Waals surface area contributed by atoms with Crippen molar-refractivity contribution >= 4 is 11.9 Å². The minimum atomic E-state index is -0.0398. The topological polar surface area (TPSA) is 30.0 Å². The molecule has 1 aromatic heterocycles. The molecule has 2 nitrogen and oxygen atoms in total. The van der Waals surface area contributed by atoms with E-state index >= 15 is 0 Å². The van der Waals surface area contributed by atoms with E-state index in [0.717, 1.165) is 19.3 Å². The van der Waals surface area contributed by atoms with Crippen LogP contribution in [0.4, 0.5) is 0 Å². The number of aromatic nitrogens is 1. The van der Waals surface area contributed by atoms with Crippen molar-refractivity contribution in [2.24, 2.45) is 17.3 Å². The molecule has 1 fully saturated rings. The number of hydrogen-bond acceptors (Lipinski definition) is 2. The third kappa shape index (κ3) is 5.48. The average Bonchev–Trinajstić information content (AvgIpc) is 3.26. The van der Waals surface area contributed by atoms with E-state index in [2.05, 4.69) is 77.1 Å². The lowest BCUT2D eigenvalue weighted by Gasteiger charge is -2.34. The summed E-state index contributed by atoms with van der Waals surface area (Å²) in [6, 6.07) is 10.9. The van der Waals surface area contributed by atoms with Crippen molar-refractivity contribution in [3.8, 4) is 0 Å². The lowest BCUT2D eigenvalue weighted by Crippen LogP contribution is -2.33. The van der Waals surface area contributed by atoms with Crippen LogP contribution >= 0.6 is 0 Å². The van der Waals surface area contributed by atoms with Gasteiger partial charge in [0, 0.05) is 24.5 Å². The maximum Gasteiger partial charge on any atom is 0.137 e. The van der Waals surface area contributed by atoms with Crippen LogP contribution in [0.3, 0.4) is 0 Å². The summed E-state index contributed by atoms with van der Waals surface area (Å²) in [5.41, 5.74) is 6.73. The number of pyridine rings is 1. The Morgan fingerprint density at radius 2 is 1.91 bits per heavy atom. The maximum absolute atomic E-state index is 13.7. The van der Waals surface area contributed by atoms with Gasteiger partial charge in [-0.25, -0.2) is 0 Å². The normalized spacial score (nSPS) is 21.3. The summed E-state index contributed by atoms with van der Waals surface area (Å²) >= 11 is 0. The SMILES string of the molecule is CC(C)c1ccccc1C[C@@H](C(=O)C[C@@H]1CCCC(c2nccc3c2C=CC3)C1)C(C)(C)C. The summed E-state index contributed by atoms with van der Waals surface area (Å²) in [6.45, 7) is 11.2. The Morgan fingerprint density at radius 1 is 1.12 bits per heavy atom. The van der Waals surface area contributed by atoms with Gasteiger partial charge >= 0.3 is 0 Å². The number of allylic oxidation sites excluding steroid dienone is 1. The van der Waals surface area contributed by atoms with E-state index in [-0.39, 0.29) is 11.3 Å². The second-order valence-electron chi connectivity index (χ2n) is 11.8. The third-order valence-corrected chi connectivity index (χ3v) is 7.93. The molecule has 176 valence electrons. The zero-order valence-electron chi connectivity index (χ0n) is 21.2. The number of hydrogen-bond donors (Lipinski definition) is 0. The summed E-state index contributed by atoms with van der Waals surface area (Å²) in [5.74, 6) is 1.95. The highest BCUT2D eigenvalue weighted by Gasteiger charge is 2.35. The maximum atomic E-state index is 13.7. The number of ketones is 1. The second kappa shape index (κ2) is 9.95. The van der Waals surface area contributed by atoms with E-state index < -0.39 is 0 Å². The summed E-state index contributed by atoms with van der Waals surface area (Å²) in [4.78, 5) is 18.6. The fraction of sp³-hybridized carbons (Fsp3) is 0.548. The van der Waals surface area contributed by atoms with Gasteiger partial charge in [-0.15, -0.1) is 0 Å². The van der Waals surface area contributed by atoms with Gasteiger partial charge in [-0.3, -0.25) is 9.78 Å². The van der Waals surface area contributed by atoms with Crippen molar-refractivity contribution in [1.29, 1.82) is 0 Å². The smallest absolute Gasteiger partial charge is 0.137 e. The van der Waals surface area contributed by atoms with Gasteiger partial charge in [0.15, 0.2) is 0 Å². The second-order valence-corrected chi connectivity index (χ2v) is 11.8. The molecule has 2 aliphatic rings. The van der Waals surface area contributed by atoms with Crippen molar-refractivity contribution in [2.75, 3.05) is 0 Å². The van der Waals surface area contributed by atoms with Gasteiger partial charge in [-0.05, 0) is 77.7 Å². The predicted molar refractivity (Wildman–Crippen MR) is 138 cm³/mol. The van der Waals surface area contributed by atoms with E-state index in [1.54, 1.807) is 0 Å². The molecule has 0 N–H and O–H groups in total. The van der Waals surface area contributed by atoms with Gasteiger partial charge in [0.2, 0.25) is 0 Å². The fourth-order valence-corrected chi connectivity index (χ4v) is 6.09. The van der Waals surface area contributed by atoms with Crippen molar-refractivity contribution in [1.82, 2.24) is 4.98 Å². The monoisotopic (exact) mass is 443 g/mol. The first-order chi connectivity index (χ1) is 15.7. The summed E-state index contributed by atoms with van der Waals surface area (Å²) in [5, 5.41) is 0. The number of fused-ring (bicyclic) bond motifs is 1. The highest BCUT2D eigenvalue weighted by atomic mass is 16.1. The number of carbonyl (C=O) groups excluding carboxylic acids is 1. The van der Waals surface area contributed by atoms with E-state index in [9.17, 15) is 4.79 Å². The number of rotatable bonds is 7. The van der Waals surface area contributed by atoms with Gasteiger partial charge in [-0.1, -0.05) is 77.5 Å². The van der Waals surface area contributed by atoms with E-state index in [4.69, 9.17) is 4.98 Å². The molecule has 1 aromatic carbocycles. The van der Waals surface area contributed by atoms with Crippen LogP contribution in [0, 0.1) is 17.3 Å². The Balaban J connectivity index is 1.48. The van der Waals surface area contributed by atoms with E-state index in [1.165, 1.54) is 47.2 Å². The van der Waals surface area contributed by atoms with Crippen molar-refractivity contribution < 1.29 is 4.79 Å². The van der Waals surface area contributed by atoms with Crippen LogP contribution in [-0.2, 0) is 17.6 Å².